The minimum absolute atomic E-state index is 0.264. The van der Waals surface area contributed by atoms with E-state index in [1.165, 1.54) is 0 Å². The number of hydrogen-bond donors (Lipinski definition) is 0. The number of rotatable bonds is 6. The first kappa shape index (κ1) is 20.3. The first-order valence-electron chi connectivity index (χ1n) is 8.77. The van der Waals surface area contributed by atoms with Gasteiger partial charge in [0.15, 0.2) is 0 Å². The van der Waals surface area contributed by atoms with E-state index in [4.69, 9.17) is 18.9 Å². The smallest absolute Gasteiger partial charge is 0.434 e. The Hall–Kier alpha value is -3.02. The summed E-state index contributed by atoms with van der Waals surface area (Å²) in [6, 6.07) is 14.5. The van der Waals surface area contributed by atoms with Crippen molar-refractivity contribution in [2.45, 2.75) is 33.1 Å². The van der Waals surface area contributed by atoms with E-state index in [-0.39, 0.29) is 18.6 Å². The van der Waals surface area contributed by atoms with Gasteiger partial charge in [-0.2, -0.15) is 0 Å². The van der Waals surface area contributed by atoms with Gasteiger partial charge in [0.2, 0.25) is 0 Å². The fourth-order valence-electron chi connectivity index (χ4n) is 2.53. The van der Waals surface area contributed by atoms with Crippen molar-refractivity contribution in [1.29, 1.82) is 0 Å². The van der Waals surface area contributed by atoms with Crippen molar-refractivity contribution < 1.29 is 28.5 Å². The van der Waals surface area contributed by atoms with Crippen LogP contribution in [0.15, 0.2) is 48.5 Å². The molecule has 0 N–H and O–H groups in total. The predicted octanol–water partition coefficient (Wildman–Crippen LogP) is 5.08. The molecule has 0 spiro atoms. The van der Waals surface area contributed by atoms with Crippen molar-refractivity contribution in [1.82, 2.24) is 0 Å². The van der Waals surface area contributed by atoms with Crippen molar-refractivity contribution in [2.24, 2.45) is 0 Å². The number of hydrogen-bond acceptors (Lipinski definition) is 6. The van der Waals surface area contributed by atoms with Crippen LogP contribution in [0.2, 0.25) is 0 Å². The molecule has 0 aromatic heterocycles. The van der Waals surface area contributed by atoms with Gasteiger partial charge in [0.05, 0.1) is 13.2 Å². The molecule has 0 saturated heterocycles. The van der Waals surface area contributed by atoms with E-state index in [1.807, 2.05) is 24.3 Å². The molecule has 6 heteroatoms. The highest BCUT2D eigenvalue weighted by Gasteiger charge is 2.23. The molecule has 0 saturated carbocycles. The number of carbonyl (C=O) groups excluding carboxylic acids is 2. The Balaban J connectivity index is 2.10. The van der Waals surface area contributed by atoms with Crippen LogP contribution in [0.3, 0.4) is 0 Å². The second kappa shape index (κ2) is 9.07. The minimum atomic E-state index is -0.721. The number of carbonyl (C=O) groups is 2. The second-order valence-corrected chi connectivity index (χ2v) is 6.24. The molecular weight excluding hydrogens is 348 g/mol. The van der Waals surface area contributed by atoms with Gasteiger partial charge in [-0.15, -0.1) is 0 Å². The Morgan fingerprint density at radius 2 is 1.04 bits per heavy atom. The van der Waals surface area contributed by atoms with Gasteiger partial charge in [-0.3, -0.25) is 0 Å². The van der Waals surface area contributed by atoms with Gasteiger partial charge in [0, 0.05) is 5.41 Å². The van der Waals surface area contributed by atoms with Gasteiger partial charge in [-0.1, -0.05) is 38.1 Å². The van der Waals surface area contributed by atoms with Gasteiger partial charge in [-0.25, -0.2) is 9.59 Å². The zero-order valence-electron chi connectivity index (χ0n) is 16.0. The summed E-state index contributed by atoms with van der Waals surface area (Å²) in [7, 11) is 0. The molecule has 2 rings (SSSR count). The van der Waals surface area contributed by atoms with Crippen LogP contribution in [0, 0.1) is 0 Å². The van der Waals surface area contributed by atoms with E-state index in [9.17, 15) is 9.59 Å². The van der Waals surface area contributed by atoms with E-state index in [0.29, 0.717) is 11.5 Å². The molecule has 6 nitrogen and oxygen atoms in total. The maximum atomic E-state index is 11.4. The van der Waals surface area contributed by atoms with E-state index in [2.05, 4.69) is 13.8 Å². The summed E-state index contributed by atoms with van der Waals surface area (Å²) in [6.45, 7) is 8.12. The fraction of sp³-hybridized carbons (Fsp3) is 0.333. The largest absolute Gasteiger partial charge is 0.513 e. The summed E-state index contributed by atoms with van der Waals surface area (Å²) < 4.78 is 19.7. The lowest BCUT2D eigenvalue weighted by atomic mass is 9.78. The summed E-state index contributed by atoms with van der Waals surface area (Å²) in [5.74, 6) is 0.845. The predicted molar refractivity (Wildman–Crippen MR) is 100 cm³/mol. The third-order valence-electron chi connectivity index (χ3n) is 4.08. The summed E-state index contributed by atoms with van der Waals surface area (Å²) >= 11 is 0. The van der Waals surface area contributed by atoms with Crippen LogP contribution in [0.4, 0.5) is 9.59 Å². The van der Waals surface area contributed by atoms with E-state index in [1.54, 1.807) is 38.1 Å². The van der Waals surface area contributed by atoms with Crippen molar-refractivity contribution in [2.75, 3.05) is 13.2 Å². The Kier molecular flexibility index (Phi) is 6.82. The van der Waals surface area contributed by atoms with Crippen LogP contribution >= 0.6 is 0 Å². The maximum Gasteiger partial charge on any atom is 0.513 e. The normalized spacial score (nSPS) is 10.8. The highest BCUT2D eigenvalue weighted by Crippen LogP contribution is 2.33. The molecule has 0 atom stereocenters. The molecule has 0 aliphatic carbocycles. The zero-order chi connectivity index (χ0) is 19.9. The van der Waals surface area contributed by atoms with Crippen LogP contribution in [-0.2, 0) is 14.9 Å². The molecule has 0 amide bonds. The van der Waals surface area contributed by atoms with Crippen LogP contribution in [0.5, 0.6) is 11.5 Å². The Morgan fingerprint density at radius 3 is 1.33 bits per heavy atom. The molecule has 0 aliphatic rings. The number of ether oxygens (including phenoxy) is 4. The van der Waals surface area contributed by atoms with E-state index < -0.39 is 12.3 Å². The highest BCUT2D eigenvalue weighted by atomic mass is 16.7. The lowest BCUT2D eigenvalue weighted by Gasteiger charge is -2.26. The molecule has 2 aromatic carbocycles. The van der Waals surface area contributed by atoms with Gasteiger partial charge >= 0.3 is 12.3 Å². The molecule has 0 bridgehead atoms. The molecular formula is C21H24O6. The highest BCUT2D eigenvalue weighted by molar-refractivity contribution is 5.64. The number of benzene rings is 2. The average Bonchev–Trinajstić information content (AvgIpc) is 2.63. The molecule has 0 aliphatic heterocycles. The maximum absolute atomic E-state index is 11.4. The van der Waals surface area contributed by atoms with Gasteiger partial charge < -0.3 is 18.9 Å². The Bertz CT molecular complexity index is 697. The van der Waals surface area contributed by atoms with Crippen LogP contribution < -0.4 is 9.47 Å². The molecule has 0 radical (unpaired) electrons. The first-order chi connectivity index (χ1) is 12.9. The molecule has 0 heterocycles. The van der Waals surface area contributed by atoms with Gasteiger partial charge in [0.25, 0.3) is 0 Å². The SMILES string of the molecule is CCOC(=O)Oc1ccc(C(C)(C)c2ccc(OC(=O)OCC)cc2)cc1. The summed E-state index contributed by atoms with van der Waals surface area (Å²) in [4.78, 5) is 22.8. The van der Waals surface area contributed by atoms with Crippen molar-refractivity contribution >= 4 is 12.3 Å². The van der Waals surface area contributed by atoms with Gasteiger partial charge in [0.1, 0.15) is 11.5 Å². The minimum Gasteiger partial charge on any atom is -0.434 e. The zero-order valence-corrected chi connectivity index (χ0v) is 16.0. The van der Waals surface area contributed by atoms with E-state index >= 15 is 0 Å². The quantitative estimate of drug-likeness (QED) is 0.520. The summed E-state index contributed by atoms with van der Waals surface area (Å²) in [5.41, 5.74) is 1.78. The molecule has 144 valence electrons. The first-order valence-corrected chi connectivity index (χ1v) is 8.77. The molecule has 27 heavy (non-hydrogen) atoms. The standard InChI is InChI=1S/C21H24O6/c1-5-24-19(22)26-17-11-7-15(8-12-17)21(3,4)16-9-13-18(14-10-16)27-20(23)25-6-2/h7-14H,5-6H2,1-4H3. The van der Waals surface area contributed by atoms with Crippen LogP contribution in [0.1, 0.15) is 38.8 Å². The molecule has 0 unspecified atom stereocenters. The van der Waals surface area contributed by atoms with Crippen LogP contribution in [0.25, 0.3) is 0 Å². The summed E-state index contributed by atoms with van der Waals surface area (Å²) in [6.07, 6.45) is -1.44. The topological polar surface area (TPSA) is 71.1 Å². The fourth-order valence-corrected chi connectivity index (χ4v) is 2.53. The van der Waals surface area contributed by atoms with Gasteiger partial charge in [-0.05, 0) is 49.2 Å². The Morgan fingerprint density at radius 1 is 0.704 bits per heavy atom. The average molecular weight is 372 g/mol. The third-order valence-corrected chi connectivity index (χ3v) is 4.08. The lowest BCUT2D eigenvalue weighted by molar-refractivity contribution is 0.103. The molecule has 2 aromatic rings. The monoisotopic (exact) mass is 372 g/mol. The molecule has 0 fully saturated rings. The van der Waals surface area contributed by atoms with Crippen molar-refractivity contribution in [3.8, 4) is 11.5 Å². The van der Waals surface area contributed by atoms with E-state index in [0.717, 1.165) is 11.1 Å². The summed E-state index contributed by atoms with van der Waals surface area (Å²) in [5, 5.41) is 0. The third kappa shape index (κ3) is 5.48. The van der Waals surface area contributed by atoms with Crippen molar-refractivity contribution in [3.63, 3.8) is 0 Å². The lowest BCUT2D eigenvalue weighted by Crippen LogP contribution is -2.19. The second-order valence-electron chi connectivity index (χ2n) is 6.24. The van der Waals surface area contributed by atoms with Crippen molar-refractivity contribution in [3.05, 3.63) is 59.7 Å². The van der Waals surface area contributed by atoms with Crippen LogP contribution in [-0.4, -0.2) is 25.5 Å². The Labute approximate surface area is 159 Å².